The van der Waals surface area contributed by atoms with Gasteiger partial charge in [-0.1, -0.05) is 50.5 Å². The topological polar surface area (TPSA) is 20.2 Å². The fourth-order valence-electron chi connectivity index (χ4n) is 1.99. The van der Waals surface area contributed by atoms with Crippen molar-refractivity contribution in [1.29, 1.82) is 0 Å². The summed E-state index contributed by atoms with van der Waals surface area (Å²) in [5, 5.41) is 8.61. The molecule has 86 valence electrons. The minimum absolute atomic E-state index is 0.147. The van der Waals surface area contributed by atoms with Crippen molar-refractivity contribution in [2.45, 2.75) is 45.4 Å². The Labute approximate surface area is 93.9 Å². The van der Waals surface area contributed by atoms with E-state index in [-0.39, 0.29) is 6.61 Å². The van der Waals surface area contributed by atoms with E-state index in [9.17, 15) is 0 Å². The third-order valence-corrected chi connectivity index (χ3v) is 3.08. The van der Waals surface area contributed by atoms with E-state index in [1.807, 2.05) is 6.08 Å². The molecule has 1 unspecified atom stereocenters. The Hall–Kier alpha value is -0.560. The smallest absolute Gasteiger partial charge is 0.0615 e. The molecule has 0 aromatic heterocycles. The zero-order chi connectivity index (χ0) is 10.9. The summed E-state index contributed by atoms with van der Waals surface area (Å²) in [5.41, 5.74) is 0. The van der Waals surface area contributed by atoms with Crippen molar-refractivity contribution in [3.63, 3.8) is 0 Å². The molecule has 1 aliphatic rings. The van der Waals surface area contributed by atoms with Crippen molar-refractivity contribution in [2.24, 2.45) is 11.8 Å². The molecule has 0 amide bonds. The molecule has 0 aliphatic heterocycles. The van der Waals surface area contributed by atoms with Crippen LogP contribution in [-0.4, -0.2) is 11.7 Å². The lowest BCUT2D eigenvalue weighted by Crippen LogP contribution is -1.98. The number of rotatable bonds is 8. The summed E-state index contributed by atoms with van der Waals surface area (Å²) in [5.74, 6) is 1.75. The molecule has 0 aromatic carbocycles. The van der Waals surface area contributed by atoms with Gasteiger partial charge < -0.3 is 5.11 Å². The highest BCUT2D eigenvalue weighted by Crippen LogP contribution is 2.40. The number of aliphatic hydroxyl groups is 1. The summed E-state index contributed by atoms with van der Waals surface area (Å²) in [6.07, 6.45) is 16.4. The van der Waals surface area contributed by atoms with Crippen LogP contribution in [0, 0.1) is 11.8 Å². The predicted molar refractivity (Wildman–Crippen MR) is 65.7 cm³/mol. The summed E-state index contributed by atoms with van der Waals surface area (Å²) in [6, 6.07) is 0. The number of hydrogen-bond donors (Lipinski definition) is 1. The quantitative estimate of drug-likeness (QED) is 0.476. The molecule has 1 aliphatic carbocycles. The Morgan fingerprint density at radius 1 is 1.27 bits per heavy atom. The lowest BCUT2D eigenvalue weighted by Gasteiger charge is -2.10. The lowest BCUT2D eigenvalue weighted by atomic mass is 9.96. The third kappa shape index (κ3) is 5.78. The molecule has 0 radical (unpaired) electrons. The number of unbranched alkanes of at least 4 members (excludes halogenated alkanes) is 2. The van der Waals surface area contributed by atoms with E-state index in [0.29, 0.717) is 0 Å². The predicted octanol–water partition coefficient (Wildman–Crippen LogP) is 3.70. The Balaban J connectivity index is 2.23. The van der Waals surface area contributed by atoms with E-state index in [1.165, 1.54) is 38.5 Å². The van der Waals surface area contributed by atoms with Crippen LogP contribution in [0.4, 0.5) is 0 Å². The summed E-state index contributed by atoms with van der Waals surface area (Å²) >= 11 is 0. The summed E-state index contributed by atoms with van der Waals surface area (Å²) in [4.78, 5) is 0. The van der Waals surface area contributed by atoms with Crippen molar-refractivity contribution in [1.82, 2.24) is 0 Å². The molecule has 1 saturated carbocycles. The first-order valence-electron chi connectivity index (χ1n) is 6.32. The fraction of sp³-hybridized carbons (Fsp3) is 0.714. The van der Waals surface area contributed by atoms with Gasteiger partial charge in [-0.15, -0.1) is 0 Å². The average molecular weight is 208 g/mol. The molecule has 1 nitrogen and oxygen atoms in total. The summed E-state index contributed by atoms with van der Waals surface area (Å²) in [6.45, 7) is 2.40. The number of allylic oxidation sites excluding steroid dienone is 3. The molecule has 1 rings (SSSR count). The Bertz CT molecular complexity index is 201. The van der Waals surface area contributed by atoms with Crippen LogP contribution >= 0.6 is 0 Å². The van der Waals surface area contributed by atoms with E-state index in [1.54, 1.807) is 6.08 Å². The zero-order valence-corrected chi connectivity index (χ0v) is 9.86. The van der Waals surface area contributed by atoms with E-state index in [0.717, 1.165) is 11.8 Å². The summed E-state index contributed by atoms with van der Waals surface area (Å²) < 4.78 is 0. The highest BCUT2D eigenvalue weighted by atomic mass is 16.2. The molecular formula is C14H24O. The van der Waals surface area contributed by atoms with Gasteiger partial charge in [-0.3, -0.25) is 0 Å². The third-order valence-electron chi connectivity index (χ3n) is 3.08. The zero-order valence-electron chi connectivity index (χ0n) is 9.86. The molecule has 0 aromatic rings. The Kier molecular flexibility index (Phi) is 6.42. The molecule has 0 saturated heterocycles. The van der Waals surface area contributed by atoms with E-state index < -0.39 is 0 Å². The van der Waals surface area contributed by atoms with Gasteiger partial charge >= 0.3 is 0 Å². The van der Waals surface area contributed by atoms with Gasteiger partial charge in [0.15, 0.2) is 0 Å². The van der Waals surface area contributed by atoms with E-state index in [2.05, 4.69) is 19.1 Å². The minimum atomic E-state index is 0.147. The van der Waals surface area contributed by atoms with Crippen LogP contribution in [-0.2, 0) is 0 Å². The summed E-state index contributed by atoms with van der Waals surface area (Å²) in [7, 11) is 0. The van der Waals surface area contributed by atoms with Crippen molar-refractivity contribution >= 4 is 0 Å². The molecule has 1 heteroatoms. The first kappa shape index (κ1) is 12.5. The highest BCUT2D eigenvalue weighted by Gasteiger charge is 2.28. The van der Waals surface area contributed by atoms with Crippen LogP contribution in [0.5, 0.6) is 0 Å². The van der Waals surface area contributed by atoms with Gasteiger partial charge in [0.2, 0.25) is 0 Å². The first-order valence-corrected chi connectivity index (χ1v) is 6.32. The molecule has 1 fully saturated rings. The molecule has 0 heterocycles. The highest BCUT2D eigenvalue weighted by molar-refractivity contribution is 5.06. The molecule has 15 heavy (non-hydrogen) atoms. The van der Waals surface area contributed by atoms with Crippen LogP contribution in [0.25, 0.3) is 0 Å². The van der Waals surface area contributed by atoms with Gasteiger partial charge in [-0.2, -0.15) is 0 Å². The van der Waals surface area contributed by atoms with Crippen molar-refractivity contribution in [3.8, 4) is 0 Å². The van der Waals surface area contributed by atoms with Gasteiger partial charge in [-0.25, -0.2) is 0 Å². The molecule has 1 N–H and O–H groups in total. The second-order valence-corrected chi connectivity index (χ2v) is 4.49. The van der Waals surface area contributed by atoms with E-state index >= 15 is 0 Å². The van der Waals surface area contributed by atoms with E-state index in [4.69, 9.17) is 5.11 Å². The van der Waals surface area contributed by atoms with Gasteiger partial charge in [0, 0.05) is 0 Å². The number of hydrogen-bond acceptors (Lipinski definition) is 1. The molecule has 0 spiro atoms. The second-order valence-electron chi connectivity index (χ2n) is 4.49. The number of aliphatic hydroxyl groups excluding tert-OH is 1. The Morgan fingerprint density at radius 2 is 2.07 bits per heavy atom. The standard InChI is InChI=1S/C14H24O/c1-2-3-5-8-13(14-10-11-14)9-6-4-7-12-15/h4,6-7,9,13-15H,2-3,5,8,10-12H2,1H3. The molecule has 0 bridgehead atoms. The van der Waals surface area contributed by atoms with Crippen molar-refractivity contribution in [3.05, 3.63) is 24.3 Å². The normalized spacial score (nSPS) is 19.1. The minimum Gasteiger partial charge on any atom is -0.392 e. The van der Waals surface area contributed by atoms with Crippen LogP contribution in [0.3, 0.4) is 0 Å². The van der Waals surface area contributed by atoms with Crippen molar-refractivity contribution < 1.29 is 5.11 Å². The average Bonchev–Trinajstić information content (AvgIpc) is 3.05. The van der Waals surface area contributed by atoms with Gasteiger partial charge in [0.05, 0.1) is 6.61 Å². The van der Waals surface area contributed by atoms with Crippen LogP contribution < -0.4 is 0 Å². The maximum absolute atomic E-state index is 8.61. The molecule has 1 atom stereocenters. The fourth-order valence-corrected chi connectivity index (χ4v) is 1.99. The van der Waals surface area contributed by atoms with Crippen molar-refractivity contribution in [2.75, 3.05) is 6.61 Å². The maximum atomic E-state index is 8.61. The second kappa shape index (κ2) is 7.70. The molecular weight excluding hydrogens is 184 g/mol. The van der Waals surface area contributed by atoms with Crippen LogP contribution in [0.1, 0.15) is 45.4 Å². The Morgan fingerprint density at radius 3 is 2.67 bits per heavy atom. The largest absolute Gasteiger partial charge is 0.392 e. The SMILES string of the molecule is CCCCCC(C=CC=CCO)C1CC1. The lowest BCUT2D eigenvalue weighted by molar-refractivity contribution is 0.343. The maximum Gasteiger partial charge on any atom is 0.0615 e. The van der Waals surface area contributed by atoms with Crippen LogP contribution in [0.15, 0.2) is 24.3 Å². The van der Waals surface area contributed by atoms with Gasteiger partial charge in [0.1, 0.15) is 0 Å². The first-order chi connectivity index (χ1) is 7.38. The van der Waals surface area contributed by atoms with Gasteiger partial charge in [-0.05, 0) is 31.1 Å². The van der Waals surface area contributed by atoms with Gasteiger partial charge in [0.25, 0.3) is 0 Å². The van der Waals surface area contributed by atoms with Crippen LogP contribution in [0.2, 0.25) is 0 Å². The monoisotopic (exact) mass is 208 g/mol.